The van der Waals surface area contributed by atoms with Gasteiger partial charge < -0.3 is 19.5 Å². The van der Waals surface area contributed by atoms with Gasteiger partial charge in [0.05, 0.1) is 27.4 Å². The van der Waals surface area contributed by atoms with Crippen molar-refractivity contribution in [2.75, 3.05) is 28.4 Å². The first kappa shape index (κ1) is 15.7. The van der Waals surface area contributed by atoms with E-state index in [1.54, 1.807) is 32.7 Å². The lowest BCUT2D eigenvalue weighted by Gasteiger charge is -2.22. The summed E-state index contributed by atoms with van der Waals surface area (Å²) in [6, 6.07) is 6.10. The summed E-state index contributed by atoms with van der Waals surface area (Å²) in [5.41, 5.74) is 2.29. The minimum atomic E-state index is 0.0553. The Balaban J connectivity index is 2.59. The van der Waals surface area contributed by atoms with Crippen molar-refractivity contribution in [1.29, 1.82) is 0 Å². The molecule has 0 amide bonds. The van der Waals surface area contributed by atoms with Crippen molar-refractivity contribution < 1.29 is 14.2 Å². The van der Waals surface area contributed by atoms with Crippen LogP contribution < -0.4 is 19.5 Å². The summed E-state index contributed by atoms with van der Waals surface area (Å²) in [6.07, 6.45) is 0. The molecule has 0 saturated carbocycles. The van der Waals surface area contributed by atoms with Crippen LogP contribution in [0, 0.1) is 6.92 Å². The topological polar surface area (TPSA) is 39.7 Å². The number of ether oxygens (including phenoxy) is 3. The normalized spacial score (nSPS) is 12.0. The van der Waals surface area contributed by atoms with E-state index in [9.17, 15) is 0 Å². The first-order chi connectivity index (χ1) is 10.2. The first-order valence-corrected chi connectivity index (χ1v) is 7.56. The van der Waals surface area contributed by atoms with Crippen LogP contribution in [-0.4, -0.2) is 28.4 Å². The fraction of sp³-hybridized carbons (Fsp3) is 0.375. The Bertz CT molecular complexity index is 610. The molecule has 0 aliphatic carbocycles. The zero-order chi connectivity index (χ0) is 15.4. The molecular weight excluding hydrogens is 286 g/mol. The molecule has 2 aromatic rings. The molecule has 0 radical (unpaired) electrons. The molecule has 1 aromatic heterocycles. The largest absolute Gasteiger partial charge is 0.493 e. The van der Waals surface area contributed by atoms with Gasteiger partial charge in [0.2, 0.25) is 5.75 Å². The predicted octanol–water partition coefficient (Wildman–Crippen LogP) is 3.39. The highest BCUT2D eigenvalue weighted by Gasteiger charge is 2.24. The monoisotopic (exact) mass is 307 g/mol. The van der Waals surface area contributed by atoms with Gasteiger partial charge in [0, 0.05) is 10.4 Å². The lowest BCUT2D eigenvalue weighted by molar-refractivity contribution is 0.321. The number of benzene rings is 1. The molecule has 0 fully saturated rings. The Morgan fingerprint density at radius 1 is 1.00 bits per heavy atom. The standard InChI is InChI=1S/C16H21NO3S/c1-10-8-9-21-16(10)13(17-2)11-6-7-12(18-3)15(20-5)14(11)19-4/h6-9,13,17H,1-5H3. The van der Waals surface area contributed by atoms with Gasteiger partial charge in [-0.3, -0.25) is 0 Å². The van der Waals surface area contributed by atoms with Crippen LogP contribution in [0.4, 0.5) is 0 Å². The van der Waals surface area contributed by atoms with Gasteiger partial charge in [-0.15, -0.1) is 11.3 Å². The number of aryl methyl sites for hydroxylation is 1. The SMILES string of the molecule is CNC(c1ccc(OC)c(OC)c1OC)c1sccc1C. The fourth-order valence-electron chi connectivity index (χ4n) is 2.46. The van der Waals surface area contributed by atoms with Crippen LogP contribution in [0.15, 0.2) is 23.6 Å². The molecule has 0 spiro atoms. The smallest absolute Gasteiger partial charge is 0.203 e. The molecule has 2 rings (SSSR count). The molecule has 0 saturated heterocycles. The summed E-state index contributed by atoms with van der Waals surface area (Å²) in [7, 11) is 6.83. The fourth-order valence-corrected chi connectivity index (χ4v) is 3.51. The summed E-state index contributed by atoms with van der Waals surface area (Å²) in [6.45, 7) is 2.11. The van der Waals surface area contributed by atoms with E-state index in [1.165, 1.54) is 10.4 Å². The third-order valence-electron chi connectivity index (χ3n) is 3.50. The maximum Gasteiger partial charge on any atom is 0.203 e. The van der Waals surface area contributed by atoms with E-state index in [2.05, 4.69) is 23.7 Å². The van der Waals surface area contributed by atoms with Gasteiger partial charge in [-0.25, -0.2) is 0 Å². The van der Waals surface area contributed by atoms with E-state index < -0.39 is 0 Å². The molecule has 5 heteroatoms. The molecule has 1 aromatic carbocycles. The molecule has 114 valence electrons. The van der Waals surface area contributed by atoms with Crippen LogP contribution in [0.1, 0.15) is 22.0 Å². The number of thiophene rings is 1. The van der Waals surface area contributed by atoms with Crippen molar-refractivity contribution in [2.45, 2.75) is 13.0 Å². The van der Waals surface area contributed by atoms with Crippen molar-refractivity contribution in [2.24, 2.45) is 0 Å². The number of hydrogen-bond acceptors (Lipinski definition) is 5. The summed E-state index contributed by atoms with van der Waals surface area (Å²) < 4.78 is 16.4. The van der Waals surface area contributed by atoms with E-state index in [-0.39, 0.29) is 6.04 Å². The van der Waals surface area contributed by atoms with Crippen molar-refractivity contribution in [3.63, 3.8) is 0 Å². The minimum Gasteiger partial charge on any atom is -0.493 e. The summed E-state index contributed by atoms with van der Waals surface area (Å²) in [4.78, 5) is 1.27. The van der Waals surface area contributed by atoms with Gasteiger partial charge in [-0.2, -0.15) is 0 Å². The van der Waals surface area contributed by atoms with E-state index in [4.69, 9.17) is 14.2 Å². The number of rotatable bonds is 6. The highest BCUT2D eigenvalue weighted by Crippen LogP contribution is 2.44. The molecule has 1 N–H and O–H groups in total. The maximum atomic E-state index is 5.59. The zero-order valence-electron chi connectivity index (χ0n) is 13.0. The van der Waals surface area contributed by atoms with E-state index in [0.29, 0.717) is 17.2 Å². The first-order valence-electron chi connectivity index (χ1n) is 6.68. The predicted molar refractivity (Wildman–Crippen MR) is 86.1 cm³/mol. The Kier molecular flexibility index (Phi) is 5.09. The van der Waals surface area contributed by atoms with Gasteiger partial charge in [-0.05, 0) is 43.1 Å². The Morgan fingerprint density at radius 3 is 2.19 bits per heavy atom. The van der Waals surface area contributed by atoms with Gasteiger partial charge in [0.15, 0.2) is 11.5 Å². The van der Waals surface area contributed by atoms with Crippen molar-refractivity contribution in [3.05, 3.63) is 39.6 Å². The van der Waals surface area contributed by atoms with Crippen LogP contribution in [0.5, 0.6) is 17.2 Å². The van der Waals surface area contributed by atoms with Gasteiger partial charge in [-0.1, -0.05) is 0 Å². The van der Waals surface area contributed by atoms with Crippen LogP contribution in [0.3, 0.4) is 0 Å². The summed E-state index contributed by atoms with van der Waals surface area (Å²) >= 11 is 1.73. The molecule has 1 heterocycles. The highest BCUT2D eigenvalue weighted by atomic mass is 32.1. The van der Waals surface area contributed by atoms with Crippen molar-refractivity contribution in [3.8, 4) is 17.2 Å². The second-order valence-electron chi connectivity index (χ2n) is 4.61. The van der Waals surface area contributed by atoms with Crippen LogP contribution in [0.25, 0.3) is 0 Å². The average molecular weight is 307 g/mol. The summed E-state index contributed by atoms with van der Waals surface area (Å²) in [5, 5.41) is 5.46. The number of methoxy groups -OCH3 is 3. The number of hydrogen-bond donors (Lipinski definition) is 1. The Labute approximate surface area is 129 Å². The highest BCUT2D eigenvalue weighted by molar-refractivity contribution is 7.10. The molecular formula is C16H21NO3S. The molecule has 1 unspecified atom stereocenters. The summed E-state index contributed by atoms with van der Waals surface area (Å²) in [5.74, 6) is 1.98. The average Bonchev–Trinajstić information content (AvgIpc) is 2.93. The molecule has 0 aliphatic rings. The minimum absolute atomic E-state index is 0.0553. The van der Waals surface area contributed by atoms with Gasteiger partial charge in [0.25, 0.3) is 0 Å². The second-order valence-corrected chi connectivity index (χ2v) is 5.56. The molecule has 0 aliphatic heterocycles. The van der Waals surface area contributed by atoms with Crippen LogP contribution in [0.2, 0.25) is 0 Å². The quantitative estimate of drug-likeness (QED) is 0.888. The number of nitrogens with one attached hydrogen (secondary N) is 1. The molecule has 4 nitrogen and oxygen atoms in total. The van der Waals surface area contributed by atoms with Crippen molar-refractivity contribution in [1.82, 2.24) is 5.32 Å². The molecule has 1 atom stereocenters. The maximum absolute atomic E-state index is 5.59. The third kappa shape index (κ3) is 2.84. The zero-order valence-corrected chi connectivity index (χ0v) is 13.8. The third-order valence-corrected chi connectivity index (χ3v) is 4.58. The van der Waals surface area contributed by atoms with Gasteiger partial charge >= 0.3 is 0 Å². The Hall–Kier alpha value is -1.72. The second kappa shape index (κ2) is 6.83. The van der Waals surface area contributed by atoms with Crippen molar-refractivity contribution >= 4 is 11.3 Å². The van der Waals surface area contributed by atoms with E-state index in [0.717, 1.165) is 5.56 Å². The lowest BCUT2D eigenvalue weighted by Crippen LogP contribution is -2.18. The Morgan fingerprint density at radius 2 is 1.71 bits per heavy atom. The lowest BCUT2D eigenvalue weighted by atomic mass is 10.0. The van der Waals surface area contributed by atoms with Gasteiger partial charge in [0.1, 0.15) is 0 Å². The van der Waals surface area contributed by atoms with E-state index >= 15 is 0 Å². The van der Waals surface area contributed by atoms with Crippen LogP contribution in [-0.2, 0) is 0 Å². The van der Waals surface area contributed by atoms with E-state index in [1.807, 2.05) is 19.2 Å². The molecule has 0 bridgehead atoms. The van der Waals surface area contributed by atoms with Crippen LogP contribution >= 0.6 is 11.3 Å². The molecule has 21 heavy (non-hydrogen) atoms.